The monoisotopic (exact) mass is 568 g/mol. The molecule has 0 spiro atoms. The number of amidine groups is 2. The van der Waals surface area contributed by atoms with Gasteiger partial charge >= 0.3 is 0 Å². The number of fused-ring (bicyclic) bond motifs is 6. The molecule has 0 fully saturated rings. The normalized spacial score (nSPS) is 12.2. The predicted molar refractivity (Wildman–Crippen MR) is 178 cm³/mol. The highest BCUT2D eigenvalue weighted by Crippen LogP contribution is 2.37. The average Bonchev–Trinajstić information content (AvgIpc) is 3.67. The molecule has 208 valence electrons. The van der Waals surface area contributed by atoms with Crippen molar-refractivity contribution < 1.29 is 8.83 Å². The molecule has 0 aliphatic rings. The second-order valence-electron chi connectivity index (χ2n) is 10.5. The molecule has 0 bridgehead atoms. The molecule has 6 heteroatoms. The number of aliphatic imine (C=N–C) groups is 2. The molecule has 0 aliphatic heterocycles. The van der Waals surface area contributed by atoms with Crippen LogP contribution in [0.5, 0.6) is 0 Å². The van der Waals surface area contributed by atoms with Gasteiger partial charge in [0, 0.05) is 28.3 Å². The van der Waals surface area contributed by atoms with E-state index in [4.69, 9.17) is 19.2 Å². The van der Waals surface area contributed by atoms with Crippen molar-refractivity contribution in [3.05, 3.63) is 150 Å². The SMILES string of the molecule is N=C(N=C(N=Cc1ccc(-c2nc3c(ccc4oc5cc6ccccc6cc5c43)o2)cc1)c1ccccc1)c1ccccc1. The zero-order chi connectivity index (χ0) is 29.5. The molecule has 6 aromatic carbocycles. The molecule has 0 radical (unpaired) electrons. The lowest BCUT2D eigenvalue weighted by Gasteiger charge is -2.04. The van der Waals surface area contributed by atoms with Crippen molar-refractivity contribution in [3.63, 3.8) is 0 Å². The van der Waals surface area contributed by atoms with Gasteiger partial charge in [-0.25, -0.2) is 15.0 Å². The molecule has 8 aromatic rings. The Bertz CT molecular complexity index is 2380. The Kier molecular flexibility index (Phi) is 6.16. The maximum atomic E-state index is 8.50. The van der Waals surface area contributed by atoms with Gasteiger partial charge in [0.15, 0.2) is 17.3 Å². The second-order valence-corrected chi connectivity index (χ2v) is 10.5. The molecular weight excluding hydrogens is 544 g/mol. The van der Waals surface area contributed by atoms with Gasteiger partial charge in [-0.15, -0.1) is 0 Å². The van der Waals surface area contributed by atoms with E-state index in [1.807, 2.05) is 109 Å². The summed E-state index contributed by atoms with van der Waals surface area (Å²) in [6.07, 6.45) is 1.76. The van der Waals surface area contributed by atoms with Crippen molar-refractivity contribution in [1.29, 1.82) is 5.41 Å². The molecule has 8 rings (SSSR count). The smallest absolute Gasteiger partial charge is 0.227 e. The zero-order valence-electron chi connectivity index (χ0n) is 23.4. The summed E-state index contributed by atoms with van der Waals surface area (Å²) in [6.45, 7) is 0. The van der Waals surface area contributed by atoms with E-state index in [0.717, 1.165) is 60.5 Å². The van der Waals surface area contributed by atoms with Gasteiger partial charge in [-0.2, -0.15) is 0 Å². The van der Waals surface area contributed by atoms with Crippen LogP contribution in [-0.2, 0) is 0 Å². The summed E-state index contributed by atoms with van der Waals surface area (Å²) >= 11 is 0. The van der Waals surface area contributed by atoms with E-state index in [0.29, 0.717) is 17.3 Å². The third-order valence-corrected chi connectivity index (χ3v) is 7.65. The van der Waals surface area contributed by atoms with Gasteiger partial charge in [0.25, 0.3) is 0 Å². The lowest BCUT2D eigenvalue weighted by Crippen LogP contribution is -2.04. The van der Waals surface area contributed by atoms with E-state index < -0.39 is 0 Å². The molecule has 1 N–H and O–H groups in total. The van der Waals surface area contributed by atoms with Gasteiger partial charge in [0.05, 0.1) is 5.39 Å². The molecule has 2 heterocycles. The number of furan rings is 1. The quantitative estimate of drug-likeness (QED) is 0.169. The Morgan fingerprint density at radius 3 is 2.05 bits per heavy atom. The number of nitrogens with zero attached hydrogens (tertiary/aromatic N) is 3. The van der Waals surface area contributed by atoms with Crippen LogP contribution in [0.1, 0.15) is 16.7 Å². The molecule has 0 aliphatic carbocycles. The summed E-state index contributed by atoms with van der Waals surface area (Å²) in [5, 5.41) is 12.8. The van der Waals surface area contributed by atoms with Crippen LogP contribution in [0.25, 0.3) is 55.3 Å². The Morgan fingerprint density at radius 2 is 1.30 bits per heavy atom. The topological polar surface area (TPSA) is 87.7 Å². The zero-order valence-corrected chi connectivity index (χ0v) is 23.4. The number of hydrogen-bond donors (Lipinski definition) is 1. The van der Waals surface area contributed by atoms with Gasteiger partial charge < -0.3 is 8.83 Å². The van der Waals surface area contributed by atoms with Gasteiger partial charge in [0.1, 0.15) is 16.7 Å². The fraction of sp³-hybridized carbons (Fsp3) is 0. The maximum Gasteiger partial charge on any atom is 0.227 e. The van der Waals surface area contributed by atoms with Crippen molar-refractivity contribution in [1.82, 2.24) is 4.98 Å². The molecule has 6 nitrogen and oxygen atoms in total. The van der Waals surface area contributed by atoms with E-state index in [1.54, 1.807) is 6.21 Å². The van der Waals surface area contributed by atoms with Crippen LogP contribution in [0, 0.1) is 5.41 Å². The molecule has 0 amide bonds. The van der Waals surface area contributed by atoms with Gasteiger partial charge in [-0.05, 0) is 52.7 Å². The van der Waals surface area contributed by atoms with Crippen molar-refractivity contribution in [2.24, 2.45) is 9.98 Å². The molecule has 0 atom stereocenters. The first-order valence-corrected chi connectivity index (χ1v) is 14.3. The number of aromatic nitrogens is 1. The van der Waals surface area contributed by atoms with Crippen molar-refractivity contribution in [3.8, 4) is 11.5 Å². The van der Waals surface area contributed by atoms with Gasteiger partial charge in [-0.3, -0.25) is 5.41 Å². The van der Waals surface area contributed by atoms with E-state index in [-0.39, 0.29) is 5.84 Å². The molecular formula is C38H24N4O2. The summed E-state index contributed by atoms with van der Waals surface area (Å²) in [5.74, 6) is 1.15. The van der Waals surface area contributed by atoms with Crippen LogP contribution < -0.4 is 0 Å². The van der Waals surface area contributed by atoms with Gasteiger partial charge in [-0.1, -0.05) is 97.1 Å². The summed E-state index contributed by atoms with van der Waals surface area (Å²) in [5.41, 5.74) is 6.40. The van der Waals surface area contributed by atoms with Crippen molar-refractivity contribution >= 4 is 61.7 Å². The molecule has 44 heavy (non-hydrogen) atoms. The fourth-order valence-electron chi connectivity index (χ4n) is 5.43. The first-order chi connectivity index (χ1) is 21.7. The highest BCUT2D eigenvalue weighted by Gasteiger charge is 2.17. The Balaban J connectivity index is 1.12. The second kappa shape index (κ2) is 10.6. The molecule has 2 aromatic heterocycles. The van der Waals surface area contributed by atoms with E-state index in [9.17, 15) is 0 Å². The van der Waals surface area contributed by atoms with Crippen molar-refractivity contribution in [2.75, 3.05) is 0 Å². The largest absolute Gasteiger partial charge is 0.456 e. The number of nitrogens with one attached hydrogen (secondary N) is 1. The summed E-state index contributed by atoms with van der Waals surface area (Å²) in [4.78, 5) is 14.1. The fourth-order valence-corrected chi connectivity index (χ4v) is 5.43. The van der Waals surface area contributed by atoms with Crippen LogP contribution in [-0.4, -0.2) is 22.9 Å². The summed E-state index contributed by atoms with van der Waals surface area (Å²) in [6, 6.07) is 43.4. The van der Waals surface area contributed by atoms with Crippen LogP contribution in [0.2, 0.25) is 0 Å². The minimum absolute atomic E-state index is 0.153. The molecule has 0 saturated carbocycles. The minimum Gasteiger partial charge on any atom is -0.456 e. The number of hydrogen-bond acceptors (Lipinski definition) is 4. The summed E-state index contributed by atoms with van der Waals surface area (Å²) in [7, 11) is 0. The Labute approximate surface area is 252 Å². The van der Waals surface area contributed by atoms with Crippen LogP contribution >= 0.6 is 0 Å². The third-order valence-electron chi connectivity index (χ3n) is 7.65. The lowest BCUT2D eigenvalue weighted by molar-refractivity contribution is 0.619. The minimum atomic E-state index is 0.153. The third kappa shape index (κ3) is 4.64. The first-order valence-electron chi connectivity index (χ1n) is 14.3. The van der Waals surface area contributed by atoms with Crippen molar-refractivity contribution in [2.45, 2.75) is 0 Å². The molecule has 0 saturated heterocycles. The number of benzene rings is 6. The van der Waals surface area contributed by atoms with E-state index >= 15 is 0 Å². The molecule has 0 unspecified atom stereocenters. The standard InChI is InChI=1S/C38H24N4O2/c39-36(25-9-3-1-4-10-25)42-37(26-11-5-2-6-12-26)40-23-24-15-17-27(18-16-24)38-41-35-32(44-38)20-19-31-34(35)30-21-28-13-7-8-14-29(28)22-33(30)43-31/h1-23,39H. The predicted octanol–water partition coefficient (Wildman–Crippen LogP) is 9.44. The highest BCUT2D eigenvalue weighted by atomic mass is 16.4. The van der Waals surface area contributed by atoms with E-state index in [1.165, 1.54) is 0 Å². The van der Waals surface area contributed by atoms with Crippen LogP contribution in [0.4, 0.5) is 0 Å². The summed E-state index contributed by atoms with van der Waals surface area (Å²) < 4.78 is 12.4. The Morgan fingerprint density at radius 1 is 0.636 bits per heavy atom. The first kappa shape index (κ1) is 25.6. The van der Waals surface area contributed by atoms with Crippen LogP contribution in [0.15, 0.2) is 152 Å². The number of oxazole rings is 1. The van der Waals surface area contributed by atoms with E-state index in [2.05, 4.69) is 34.3 Å². The van der Waals surface area contributed by atoms with Crippen LogP contribution in [0.3, 0.4) is 0 Å². The number of rotatable bonds is 4. The van der Waals surface area contributed by atoms with Gasteiger partial charge in [0.2, 0.25) is 5.89 Å². The highest BCUT2D eigenvalue weighted by molar-refractivity contribution is 6.19. The Hall–Kier alpha value is -6.14. The average molecular weight is 569 g/mol. The lowest BCUT2D eigenvalue weighted by atomic mass is 10.1. The maximum absolute atomic E-state index is 8.50.